The van der Waals surface area contributed by atoms with Gasteiger partial charge < -0.3 is 5.32 Å². The Balaban J connectivity index is 2.52. The van der Waals surface area contributed by atoms with Crippen LogP contribution in [0.5, 0.6) is 0 Å². The van der Waals surface area contributed by atoms with Crippen LogP contribution in [0.25, 0.3) is 0 Å². The number of rotatable bonds is 3. The van der Waals surface area contributed by atoms with E-state index in [0.29, 0.717) is 6.04 Å². The summed E-state index contributed by atoms with van der Waals surface area (Å²) in [6.45, 7) is 5.21. The van der Waals surface area contributed by atoms with Crippen LogP contribution in [-0.2, 0) is 6.54 Å². The molecule has 0 heterocycles. The molecule has 0 radical (unpaired) electrons. The Labute approximate surface area is 79.6 Å². The van der Waals surface area contributed by atoms with E-state index < -0.39 is 0 Å². The molecule has 0 saturated carbocycles. The molecule has 12 heavy (non-hydrogen) atoms. The highest BCUT2D eigenvalue weighted by Gasteiger charge is 1.94. The summed E-state index contributed by atoms with van der Waals surface area (Å²) in [6.07, 6.45) is 0. The van der Waals surface area contributed by atoms with E-state index in [1.165, 1.54) is 5.56 Å². The summed E-state index contributed by atoms with van der Waals surface area (Å²) in [5, 5.41) is 3.36. The molecule has 1 aromatic rings. The molecule has 0 spiro atoms. The van der Waals surface area contributed by atoms with Crippen molar-refractivity contribution in [2.24, 2.45) is 0 Å². The van der Waals surface area contributed by atoms with E-state index in [9.17, 15) is 0 Å². The molecule has 66 valence electrons. The highest BCUT2D eigenvalue weighted by molar-refractivity contribution is 7.80. The average molecular weight is 181 g/mol. The lowest BCUT2D eigenvalue weighted by atomic mass is 10.2. The van der Waals surface area contributed by atoms with Crippen molar-refractivity contribution >= 4 is 12.6 Å². The van der Waals surface area contributed by atoms with Gasteiger partial charge in [-0.15, -0.1) is 12.6 Å². The number of benzene rings is 1. The summed E-state index contributed by atoms with van der Waals surface area (Å²) in [7, 11) is 0. The Kier molecular flexibility index (Phi) is 3.63. The van der Waals surface area contributed by atoms with Gasteiger partial charge in [-0.1, -0.05) is 26.0 Å². The smallest absolute Gasteiger partial charge is 0.0208 e. The number of hydrogen-bond acceptors (Lipinski definition) is 2. The van der Waals surface area contributed by atoms with Crippen LogP contribution in [0.3, 0.4) is 0 Å². The highest BCUT2D eigenvalue weighted by Crippen LogP contribution is 2.08. The van der Waals surface area contributed by atoms with Gasteiger partial charge in [-0.2, -0.15) is 0 Å². The van der Waals surface area contributed by atoms with E-state index >= 15 is 0 Å². The maximum Gasteiger partial charge on any atom is 0.0208 e. The van der Waals surface area contributed by atoms with Gasteiger partial charge >= 0.3 is 0 Å². The van der Waals surface area contributed by atoms with Crippen LogP contribution in [0.2, 0.25) is 0 Å². The molecule has 0 fully saturated rings. The molecular weight excluding hydrogens is 166 g/mol. The standard InChI is InChI=1S/C10H15NS/c1-8(2)11-7-9-4-3-5-10(12)6-9/h3-6,8,11-12H,7H2,1-2H3. The fourth-order valence-corrected chi connectivity index (χ4v) is 1.24. The van der Waals surface area contributed by atoms with Crippen LogP contribution in [0.15, 0.2) is 29.2 Å². The first-order valence-corrected chi connectivity index (χ1v) is 4.64. The zero-order chi connectivity index (χ0) is 8.97. The molecule has 0 atom stereocenters. The topological polar surface area (TPSA) is 12.0 Å². The zero-order valence-electron chi connectivity index (χ0n) is 7.54. The minimum absolute atomic E-state index is 0.536. The van der Waals surface area contributed by atoms with Gasteiger partial charge in [0.2, 0.25) is 0 Å². The molecule has 2 heteroatoms. The second kappa shape index (κ2) is 4.53. The fraction of sp³-hybridized carbons (Fsp3) is 0.400. The third-order valence-corrected chi connectivity index (χ3v) is 1.90. The molecule has 0 aliphatic heterocycles. The van der Waals surface area contributed by atoms with Gasteiger partial charge in [0, 0.05) is 17.5 Å². The summed E-state index contributed by atoms with van der Waals surface area (Å²) in [4.78, 5) is 1.03. The van der Waals surface area contributed by atoms with Crippen molar-refractivity contribution < 1.29 is 0 Å². The lowest BCUT2D eigenvalue weighted by molar-refractivity contribution is 0.588. The van der Waals surface area contributed by atoms with Gasteiger partial charge in [-0.3, -0.25) is 0 Å². The summed E-state index contributed by atoms with van der Waals surface area (Å²) < 4.78 is 0. The minimum Gasteiger partial charge on any atom is -0.310 e. The molecule has 1 rings (SSSR count). The van der Waals surface area contributed by atoms with Gasteiger partial charge in [0.1, 0.15) is 0 Å². The Morgan fingerprint density at radius 3 is 2.75 bits per heavy atom. The molecule has 0 aliphatic carbocycles. The Bertz CT molecular complexity index is 245. The third kappa shape index (κ3) is 3.28. The molecule has 1 N–H and O–H groups in total. The predicted molar refractivity (Wildman–Crippen MR) is 55.7 cm³/mol. The largest absolute Gasteiger partial charge is 0.310 e. The van der Waals surface area contributed by atoms with Crippen LogP contribution >= 0.6 is 12.6 Å². The first-order chi connectivity index (χ1) is 5.68. The molecule has 1 aromatic carbocycles. The van der Waals surface area contributed by atoms with E-state index in [1.54, 1.807) is 0 Å². The molecule has 0 unspecified atom stereocenters. The van der Waals surface area contributed by atoms with E-state index in [0.717, 1.165) is 11.4 Å². The predicted octanol–water partition coefficient (Wildman–Crippen LogP) is 2.47. The number of nitrogens with one attached hydrogen (secondary N) is 1. The van der Waals surface area contributed by atoms with Crippen LogP contribution in [0.1, 0.15) is 19.4 Å². The second-order valence-corrected chi connectivity index (χ2v) is 3.72. The first-order valence-electron chi connectivity index (χ1n) is 4.20. The summed E-state index contributed by atoms with van der Waals surface area (Å²) in [5.74, 6) is 0. The van der Waals surface area contributed by atoms with Crippen molar-refractivity contribution in [3.05, 3.63) is 29.8 Å². The van der Waals surface area contributed by atoms with Crippen LogP contribution in [-0.4, -0.2) is 6.04 Å². The fourth-order valence-electron chi connectivity index (χ4n) is 0.988. The second-order valence-electron chi connectivity index (χ2n) is 3.21. The maximum atomic E-state index is 4.27. The highest BCUT2D eigenvalue weighted by atomic mass is 32.1. The van der Waals surface area contributed by atoms with Crippen molar-refractivity contribution in [3.63, 3.8) is 0 Å². The summed E-state index contributed by atoms with van der Waals surface area (Å²) >= 11 is 4.27. The van der Waals surface area contributed by atoms with Crippen LogP contribution in [0, 0.1) is 0 Å². The van der Waals surface area contributed by atoms with Crippen LogP contribution in [0.4, 0.5) is 0 Å². The zero-order valence-corrected chi connectivity index (χ0v) is 8.44. The summed E-state index contributed by atoms with van der Waals surface area (Å²) in [6, 6.07) is 8.74. The van der Waals surface area contributed by atoms with Gasteiger partial charge in [0.15, 0.2) is 0 Å². The molecule has 0 saturated heterocycles. The Morgan fingerprint density at radius 2 is 2.17 bits per heavy atom. The van der Waals surface area contributed by atoms with E-state index in [-0.39, 0.29) is 0 Å². The van der Waals surface area contributed by atoms with Crippen molar-refractivity contribution in [2.75, 3.05) is 0 Å². The number of thiol groups is 1. The van der Waals surface area contributed by atoms with E-state index in [1.807, 2.05) is 12.1 Å². The lowest BCUT2D eigenvalue weighted by Crippen LogP contribution is -2.21. The number of hydrogen-bond donors (Lipinski definition) is 2. The van der Waals surface area contributed by atoms with E-state index in [2.05, 4.69) is 43.9 Å². The lowest BCUT2D eigenvalue weighted by Gasteiger charge is -2.07. The molecular formula is C10H15NS. The van der Waals surface area contributed by atoms with Gasteiger partial charge in [-0.05, 0) is 17.7 Å². The first kappa shape index (κ1) is 9.62. The van der Waals surface area contributed by atoms with E-state index in [4.69, 9.17) is 0 Å². The monoisotopic (exact) mass is 181 g/mol. The van der Waals surface area contributed by atoms with Crippen molar-refractivity contribution in [2.45, 2.75) is 31.3 Å². The molecule has 1 nitrogen and oxygen atoms in total. The summed E-state index contributed by atoms with van der Waals surface area (Å²) in [5.41, 5.74) is 1.29. The van der Waals surface area contributed by atoms with Crippen molar-refractivity contribution in [1.29, 1.82) is 0 Å². The van der Waals surface area contributed by atoms with Crippen LogP contribution < -0.4 is 5.32 Å². The normalized spacial score (nSPS) is 10.7. The van der Waals surface area contributed by atoms with Gasteiger partial charge in [0.25, 0.3) is 0 Å². The third-order valence-electron chi connectivity index (χ3n) is 1.62. The molecule has 0 bridgehead atoms. The quantitative estimate of drug-likeness (QED) is 0.683. The SMILES string of the molecule is CC(C)NCc1cccc(S)c1. The molecule has 0 aliphatic rings. The van der Waals surface area contributed by atoms with Gasteiger partial charge in [-0.25, -0.2) is 0 Å². The average Bonchev–Trinajstić information content (AvgIpc) is 2.01. The maximum absolute atomic E-state index is 4.27. The Hall–Kier alpha value is -0.470. The Morgan fingerprint density at radius 1 is 1.42 bits per heavy atom. The molecule has 0 amide bonds. The van der Waals surface area contributed by atoms with Crippen molar-refractivity contribution in [1.82, 2.24) is 5.32 Å². The molecule has 0 aromatic heterocycles. The van der Waals surface area contributed by atoms with Crippen molar-refractivity contribution in [3.8, 4) is 0 Å². The minimum atomic E-state index is 0.536. The van der Waals surface area contributed by atoms with Gasteiger partial charge in [0.05, 0.1) is 0 Å².